The van der Waals surface area contributed by atoms with E-state index >= 15 is 0 Å². The minimum absolute atomic E-state index is 0.0167. The lowest BCUT2D eigenvalue weighted by atomic mass is 10.2. The van der Waals surface area contributed by atoms with E-state index in [2.05, 4.69) is 10.0 Å². The molecular formula is C23H23ClN2O5S. The van der Waals surface area contributed by atoms with Crippen molar-refractivity contribution in [2.24, 2.45) is 0 Å². The first-order chi connectivity index (χ1) is 15.3. The number of carbonyl (C=O) groups excluding carboxylic acids is 1. The van der Waals surface area contributed by atoms with E-state index < -0.39 is 15.9 Å². The summed E-state index contributed by atoms with van der Waals surface area (Å²) in [5.41, 5.74) is 1.48. The van der Waals surface area contributed by atoms with Crippen LogP contribution >= 0.6 is 11.6 Å². The van der Waals surface area contributed by atoms with Gasteiger partial charge in [-0.2, -0.15) is 0 Å². The second-order valence-corrected chi connectivity index (χ2v) is 8.96. The first kappa shape index (κ1) is 23.4. The van der Waals surface area contributed by atoms with Crippen molar-refractivity contribution in [2.75, 3.05) is 25.0 Å². The van der Waals surface area contributed by atoms with Crippen molar-refractivity contribution < 1.29 is 22.7 Å². The third-order valence-electron chi connectivity index (χ3n) is 4.45. The molecule has 3 rings (SSSR count). The number of rotatable bonds is 9. The van der Waals surface area contributed by atoms with Crippen molar-refractivity contribution in [3.05, 3.63) is 82.9 Å². The highest BCUT2D eigenvalue weighted by Crippen LogP contribution is 2.25. The summed E-state index contributed by atoms with van der Waals surface area (Å²) in [6.07, 6.45) is 0. The third-order valence-corrected chi connectivity index (χ3v) is 6.31. The van der Waals surface area contributed by atoms with Gasteiger partial charge in [-0.15, -0.1) is 0 Å². The average molecular weight is 475 g/mol. The van der Waals surface area contributed by atoms with Crippen LogP contribution in [-0.2, 0) is 10.0 Å². The van der Waals surface area contributed by atoms with Gasteiger partial charge in [-0.05, 0) is 55.0 Å². The second kappa shape index (κ2) is 10.4. The van der Waals surface area contributed by atoms with Crippen LogP contribution < -0.4 is 19.5 Å². The van der Waals surface area contributed by atoms with Crippen molar-refractivity contribution >= 4 is 33.2 Å². The number of carbonyl (C=O) groups is 1. The van der Waals surface area contributed by atoms with Crippen LogP contribution in [0.5, 0.6) is 11.5 Å². The highest BCUT2D eigenvalue weighted by atomic mass is 35.5. The maximum absolute atomic E-state index is 12.8. The lowest BCUT2D eigenvalue weighted by molar-refractivity contribution is 0.0946. The molecule has 0 spiro atoms. The lowest BCUT2D eigenvalue weighted by Gasteiger charge is -2.12. The number of methoxy groups -OCH3 is 1. The summed E-state index contributed by atoms with van der Waals surface area (Å²) < 4.78 is 38.8. The van der Waals surface area contributed by atoms with Gasteiger partial charge in [0.2, 0.25) is 0 Å². The van der Waals surface area contributed by atoms with Crippen molar-refractivity contribution in [2.45, 2.75) is 11.8 Å². The number of anilines is 1. The summed E-state index contributed by atoms with van der Waals surface area (Å²) >= 11 is 6.12. The number of benzene rings is 3. The highest BCUT2D eigenvalue weighted by molar-refractivity contribution is 7.92. The number of sulfonamides is 1. The van der Waals surface area contributed by atoms with E-state index in [0.29, 0.717) is 17.2 Å². The van der Waals surface area contributed by atoms with E-state index in [-0.39, 0.29) is 28.6 Å². The SMILES string of the molecule is COc1cccc(OCCNC(=O)c2ccc(Cl)c(S(=O)(=O)Nc3cccc(C)c3)c2)c1. The van der Waals surface area contributed by atoms with E-state index in [9.17, 15) is 13.2 Å². The Morgan fingerprint density at radius 3 is 2.50 bits per heavy atom. The fourth-order valence-corrected chi connectivity index (χ4v) is 4.47. The Morgan fingerprint density at radius 2 is 1.75 bits per heavy atom. The number of halogens is 1. The van der Waals surface area contributed by atoms with Crippen LogP contribution in [0.15, 0.2) is 71.6 Å². The zero-order valence-electron chi connectivity index (χ0n) is 17.6. The molecule has 32 heavy (non-hydrogen) atoms. The highest BCUT2D eigenvalue weighted by Gasteiger charge is 2.20. The standard InChI is InChI=1S/C23H23ClN2O5S/c1-16-5-3-6-18(13-16)26-32(28,29)22-14-17(9-10-21(22)24)23(27)25-11-12-31-20-8-4-7-19(15-20)30-2/h3-10,13-15,26H,11-12H2,1-2H3,(H,25,27). The maximum atomic E-state index is 12.8. The minimum atomic E-state index is -3.98. The molecule has 0 unspecified atom stereocenters. The zero-order valence-corrected chi connectivity index (χ0v) is 19.2. The summed E-state index contributed by atoms with van der Waals surface area (Å²) in [5.74, 6) is 0.837. The quantitative estimate of drug-likeness (QED) is 0.452. The molecule has 0 aliphatic carbocycles. The predicted molar refractivity (Wildman–Crippen MR) is 124 cm³/mol. The van der Waals surface area contributed by atoms with Gasteiger partial charge in [-0.25, -0.2) is 8.42 Å². The molecular weight excluding hydrogens is 452 g/mol. The molecule has 0 fully saturated rings. The van der Waals surface area contributed by atoms with Crippen LogP contribution in [0.1, 0.15) is 15.9 Å². The molecule has 0 radical (unpaired) electrons. The molecule has 168 valence electrons. The summed E-state index contributed by atoms with van der Waals surface area (Å²) in [6, 6.07) is 18.1. The Labute approximate surface area is 192 Å². The normalized spacial score (nSPS) is 11.0. The molecule has 0 bridgehead atoms. The largest absolute Gasteiger partial charge is 0.497 e. The molecule has 2 N–H and O–H groups in total. The molecule has 3 aromatic carbocycles. The van der Waals surface area contributed by atoms with Crippen molar-refractivity contribution in [1.82, 2.24) is 5.32 Å². The third kappa shape index (κ3) is 6.15. The number of hydrogen-bond acceptors (Lipinski definition) is 5. The van der Waals surface area contributed by atoms with E-state index in [0.717, 1.165) is 5.56 Å². The molecule has 0 aliphatic rings. The predicted octanol–water partition coefficient (Wildman–Crippen LogP) is 4.27. The minimum Gasteiger partial charge on any atom is -0.497 e. The Morgan fingerprint density at radius 1 is 1.00 bits per heavy atom. The van der Waals surface area contributed by atoms with Crippen LogP contribution in [-0.4, -0.2) is 34.6 Å². The summed E-state index contributed by atoms with van der Waals surface area (Å²) in [6.45, 7) is 2.31. The van der Waals surface area contributed by atoms with Gasteiger partial charge in [0.1, 0.15) is 23.0 Å². The maximum Gasteiger partial charge on any atom is 0.263 e. The second-order valence-electron chi connectivity index (χ2n) is 6.90. The fraction of sp³-hybridized carbons (Fsp3) is 0.174. The van der Waals surface area contributed by atoms with Crippen LogP contribution in [0.2, 0.25) is 5.02 Å². The monoisotopic (exact) mass is 474 g/mol. The number of amides is 1. The number of aryl methyl sites for hydroxylation is 1. The van der Waals surface area contributed by atoms with Gasteiger partial charge in [0.05, 0.1) is 18.7 Å². The molecule has 0 aliphatic heterocycles. The van der Waals surface area contributed by atoms with Gasteiger partial charge in [0.25, 0.3) is 15.9 Å². The number of ether oxygens (including phenoxy) is 2. The molecule has 0 saturated carbocycles. The van der Waals surface area contributed by atoms with Gasteiger partial charge in [0.15, 0.2) is 0 Å². The molecule has 1 amide bonds. The Hall–Kier alpha value is -3.23. The molecule has 0 saturated heterocycles. The Balaban J connectivity index is 1.64. The molecule has 0 aromatic heterocycles. The molecule has 0 atom stereocenters. The van der Waals surface area contributed by atoms with E-state index in [4.69, 9.17) is 21.1 Å². The fourth-order valence-electron chi connectivity index (χ4n) is 2.90. The van der Waals surface area contributed by atoms with Gasteiger partial charge < -0.3 is 14.8 Å². The van der Waals surface area contributed by atoms with Crippen LogP contribution in [0, 0.1) is 6.92 Å². The Bertz CT molecular complexity index is 1210. The van der Waals surface area contributed by atoms with E-state index in [1.54, 1.807) is 49.6 Å². The van der Waals surface area contributed by atoms with Gasteiger partial charge >= 0.3 is 0 Å². The van der Waals surface area contributed by atoms with E-state index in [1.807, 2.05) is 13.0 Å². The Kier molecular flexibility index (Phi) is 7.61. The van der Waals surface area contributed by atoms with Gasteiger partial charge in [0, 0.05) is 17.3 Å². The molecule has 7 nitrogen and oxygen atoms in total. The number of nitrogens with one attached hydrogen (secondary N) is 2. The number of hydrogen-bond donors (Lipinski definition) is 2. The van der Waals surface area contributed by atoms with Crippen LogP contribution in [0.25, 0.3) is 0 Å². The average Bonchev–Trinajstić information content (AvgIpc) is 2.76. The van der Waals surface area contributed by atoms with Crippen molar-refractivity contribution in [3.63, 3.8) is 0 Å². The van der Waals surface area contributed by atoms with Crippen molar-refractivity contribution in [1.29, 1.82) is 0 Å². The molecule has 0 heterocycles. The summed E-state index contributed by atoms with van der Waals surface area (Å²) in [7, 11) is -2.42. The van der Waals surface area contributed by atoms with Crippen LogP contribution in [0.3, 0.4) is 0 Å². The van der Waals surface area contributed by atoms with Crippen LogP contribution in [0.4, 0.5) is 5.69 Å². The molecule has 9 heteroatoms. The topological polar surface area (TPSA) is 93.7 Å². The van der Waals surface area contributed by atoms with Gasteiger partial charge in [-0.3, -0.25) is 9.52 Å². The zero-order chi connectivity index (χ0) is 23.1. The summed E-state index contributed by atoms with van der Waals surface area (Å²) in [5, 5.41) is 2.72. The van der Waals surface area contributed by atoms with Gasteiger partial charge in [-0.1, -0.05) is 29.8 Å². The smallest absolute Gasteiger partial charge is 0.263 e. The first-order valence-corrected chi connectivity index (χ1v) is 11.6. The lowest BCUT2D eigenvalue weighted by Crippen LogP contribution is -2.28. The van der Waals surface area contributed by atoms with Crippen molar-refractivity contribution in [3.8, 4) is 11.5 Å². The summed E-state index contributed by atoms with van der Waals surface area (Å²) in [4.78, 5) is 12.3. The van der Waals surface area contributed by atoms with E-state index in [1.165, 1.54) is 18.2 Å². The first-order valence-electron chi connectivity index (χ1n) is 9.72. The molecule has 3 aromatic rings.